The molecule has 2 nitrogen and oxygen atoms in total. The molecule has 1 spiro atoms. The second-order valence-electron chi connectivity index (χ2n) is 6.98. The largest absolute Gasteiger partial charge is 0.356 e. The van der Waals surface area contributed by atoms with Crippen molar-refractivity contribution in [1.29, 1.82) is 0 Å². The number of carbonyl (C=O) groups excluding carboxylic acids is 1. The molecule has 0 radical (unpaired) electrons. The molecule has 0 aromatic rings. The maximum Gasteiger partial charge on any atom is 0.174 e. The third kappa shape index (κ3) is 0.865. The molecule has 1 aliphatic heterocycles. The highest BCUT2D eigenvalue weighted by Gasteiger charge is 2.71. The van der Waals surface area contributed by atoms with Crippen LogP contribution in [-0.2, 0) is 9.53 Å². The number of hydrogen-bond acceptors (Lipinski definition) is 2. The summed E-state index contributed by atoms with van der Waals surface area (Å²) in [6, 6.07) is 0. The Hall–Kier alpha value is -0.630. The van der Waals surface area contributed by atoms with Crippen LogP contribution in [0.3, 0.4) is 0 Å². The quantitative estimate of drug-likeness (QED) is 0.600. The molecule has 17 heavy (non-hydrogen) atoms. The number of ketones is 1. The van der Waals surface area contributed by atoms with E-state index in [4.69, 9.17) is 4.74 Å². The van der Waals surface area contributed by atoms with Gasteiger partial charge in [0.1, 0.15) is 5.60 Å². The fraction of sp³-hybridized carbons (Fsp3) is 0.800. The first-order valence-electron chi connectivity index (χ1n) is 6.88. The Labute approximate surface area is 102 Å². The van der Waals surface area contributed by atoms with E-state index in [9.17, 15) is 4.79 Å². The predicted octanol–water partition coefficient (Wildman–Crippen LogP) is 2.87. The fourth-order valence-electron chi connectivity index (χ4n) is 5.21. The van der Waals surface area contributed by atoms with Crippen molar-refractivity contribution in [2.75, 3.05) is 0 Å². The Kier molecular flexibility index (Phi) is 1.54. The number of fused-ring (bicyclic) bond motifs is 2. The first-order chi connectivity index (χ1) is 7.92. The molecule has 0 amide bonds. The van der Waals surface area contributed by atoms with Gasteiger partial charge in [0.25, 0.3) is 0 Å². The van der Waals surface area contributed by atoms with Gasteiger partial charge in [-0.25, -0.2) is 0 Å². The van der Waals surface area contributed by atoms with Crippen molar-refractivity contribution in [2.24, 2.45) is 17.3 Å². The lowest BCUT2D eigenvalue weighted by atomic mass is 9.52. The summed E-state index contributed by atoms with van der Waals surface area (Å²) in [6.45, 7) is 6.53. The molecule has 3 fully saturated rings. The second-order valence-corrected chi connectivity index (χ2v) is 6.98. The zero-order valence-electron chi connectivity index (χ0n) is 10.9. The first-order valence-corrected chi connectivity index (χ1v) is 6.88. The summed E-state index contributed by atoms with van der Waals surface area (Å²) < 4.78 is 6.30. The van der Waals surface area contributed by atoms with Gasteiger partial charge in [-0.3, -0.25) is 4.79 Å². The highest BCUT2D eigenvalue weighted by atomic mass is 16.5. The summed E-state index contributed by atoms with van der Waals surface area (Å²) in [6.07, 6.45) is 6.77. The Balaban J connectivity index is 1.98. The van der Waals surface area contributed by atoms with E-state index in [-0.39, 0.29) is 11.5 Å². The van der Waals surface area contributed by atoms with Crippen LogP contribution in [0.15, 0.2) is 11.6 Å². The van der Waals surface area contributed by atoms with Gasteiger partial charge < -0.3 is 4.74 Å². The Morgan fingerprint density at radius 1 is 1.35 bits per heavy atom. The summed E-state index contributed by atoms with van der Waals surface area (Å²) in [5, 5.41) is 0. The van der Waals surface area contributed by atoms with Gasteiger partial charge in [-0.1, -0.05) is 13.0 Å². The average molecular weight is 232 g/mol. The fourth-order valence-corrected chi connectivity index (χ4v) is 5.21. The lowest BCUT2D eigenvalue weighted by molar-refractivity contribution is -0.133. The third-order valence-corrected chi connectivity index (χ3v) is 6.27. The summed E-state index contributed by atoms with van der Waals surface area (Å²) in [7, 11) is 0. The molecule has 3 bridgehead atoms. The van der Waals surface area contributed by atoms with Crippen LogP contribution < -0.4 is 0 Å². The molecule has 0 aromatic heterocycles. The van der Waals surface area contributed by atoms with E-state index < -0.39 is 5.60 Å². The van der Waals surface area contributed by atoms with Crippen molar-refractivity contribution in [3.05, 3.63) is 11.6 Å². The zero-order chi connectivity index (χ0) is 12.1. The Morgan fingerprint density at radius 3 is 2.88 bits per heavy atom. The highest BCUT2D eigenvalue weighted by Crippen LogP contribution is 2.69. The van der Waals surface area contributed by atoms with E-state index >= 15 is 0 Å². The molecule has 0 aromatic carbocycles. The van der Waals surface area contributed by atoms with Crippen molar-refractivity contribution < 1.29 is 9.53 Å². The van der Waals surface area contributed by atoms with Crippen molar-refractivity contribution in [3.8, 4) is 0 Å². The summed E-state index contributed by atoms with van der Waals surface area (Å²) >= 11 is 0. The van der Waals surface area contributed by atoms with Crippen molar-refractivity contribution in [3.63, 3.8) is 0 Å². The van der Waals surface area contributed by atoms with Crippen LogP contribution in [0.1, 0.15) is 46.5 Å². The number of Topliss-reactive ketones (excluding diaryl/α,β-unsaturated/α-hetero) is 1. The topological polar surface area (TPSA) is 26.3 Å². The van der Waals surface area contributed by atoms with Gasteiger partial charge in [-0.15, -0.1) is 0 Å². The van der Waals surface area contributed by atoms with Gasteiger partial charge in [-0.2, -0.15) is 0 Å². The lowest BCUT2D eigenvalue weighted by Gasteiger charge is -2.49. The highest BCUT2D eigenvalue weighted by molar-refractivity contribution is 5.97. The van der Waals surface area contributed by atoms with Crippen LogP contribution in [0.4, 0.5) is 0 Å². The summed E-state index contributed by atoms with van der Waals surface area (Å²) in [5.74, 6) is 1.20. The van der Waals surface area contributed by atoms with Crippen LogP contribution in [-0.4, -0.2) is 17.0 Å². The van der Waals surface area contributed by atoms with E-state index in [0.717, 1.165) is 19.3 Å². The minimum atomic E-state index is -0.584. The standard InChI is InChI=1S/C15H20O2/c1-9-4-5-11-14(3)12(16)10-8-15(9,11)7-6-13(10,2)17-14/h5,9-10H,4,6-8H2,1-3H3/t9-,10-,13+,14+,15+/m1/s1. The molecule has 3 aliphatic carbocycles. The normalized spacial score (nSPS) is 59.5. The molecule has 2 saturated carbocycles. The third-order valence-electron chi connectivity index (χ3n) is 6.27. The summed E-state index contributed by atoms with van der Waals surface area (Å²) in [5.41, 5.74) is 0.865. The molecule has 0 N–H and O–H groups in total. The molecule has 1 saturated heterocycles. The first kappa shape index (κ1) is 10.3. The van der Waals surface area contributed by atoms with Crippen molar-refractivity contribution >= 4 is 5.78 Å². The van der Waals surface area contributed by atoms with Gasteiger partial charge >= 0.3 is 0 Å². The van der Waals surface area contributed by atoms with Crippen LogP contribution in [0, 0.1) is 17.3 Å². The van der Waals surface area contributed by atoms with Crippen LogP contribution in [0.25, 0.3) is 0 Å². The number of carbonyl (C=O) groups is 1. The van der Waals surface area contributed by atoms with Gasteiger partial charge in [0.15, 0.2) is 5.78 Å². The second kappa shape index (κ2) is 2.54. The average Bonchev–Trinajstić information content (AvgIpc) is 2.62. The van der Waals surface area contributed by atoms with Gasteiger partial charge in [-0.05, 0) is 56.4 Å². The number of ether oxygens (including phenoxy) is 1. The molecule has 4 aliphatic rings. The minimum absolute atomic E-state index is 0.152. The maximum atomic E-state index is 12.6. The molecular weight excluding hydrogens is 212 g/mol. The van der Waals surface area contributed by atoms with Crippen molar-refractivity contribution in [2.45, 2.75) is 57.7 Å². The maximum absolute atomic E-state index is 12.6. The Bertz CT molecular complexity index is 466. The molecule has 0 unspecified atom stereocenters. The smallest absolute Gasteiger partial charge is 0.174 e. The van der Waals surface area contributed by atoms with Crippen LogP contribution in [0.2, 0.25) is 0 Å². The monoisotopic (exact) mass is 232 g/mol. The van der Waals surface area contributed by atoms with E-state index in [2.05, 4.69) is 19.9 Å². The van der Waals surface area contributed by atoms with Gasteiger partial charge in [0.2, 0.25) is 0 Å². The number of hydrogen-bond donors (Lipinski definition) is 0. The van der Waals surface area contributed by atoms with E-state index in [1.807, 2.05) is 6.92 Å². The molecule has 92 valence electrons. The van der Waals surface area contributed by atoms with Gasteiger partial charge in [0.05, 0.1) is 11.5 Å². The minimum Gasteiger partial charge on any atom is -0.356 e. The zero-order valence-corrected chi connectivity index (χ0v) is 10.9. The molecule has 2 heteroatoms. The van der Waals surface area contributed by atoms with E-state index in [0.29, 0.717) is 17.1 Å². The van der Waals surface area contributed by atoms with Gasteiger partial charge in [0, 0.05) is 0 Å². The summed E-state index contributed by atoms with van der Waals surface area (Å²) in [4.78, 5) is 12.6. The lowest BCUT2D eigenvalue weighted by Crippen LogP contribution is -2.52. The molecule has 4 rings (SSSR count). The Morgan fingerprint density at radius 2 is 2.12 bits per heavy atom. The predicted molar refractivity (Wildman–Crippen MR) is 64.5 cm³/mol. The molecule has 5 atom stereocenters. The SMILES string of the molecule is C[C@@H]1CC=C2[C@]3(C)O[C@@]4(C)CC[C@@]21C[C@@H]4C3=O. The van der Waals surface area contributed by atoms with E-state index in [1.54, 1.807) is 0 Å². The van der Waals surface area contributed by atoms with Crippen molar-refractivity contribution in [1.82, 2.24) is 0 Å². The van der Waals surface area contributed by atoms with E-state index in [1.165, 1.54) is 12.0 Å². The number of allylic oxidation sites excluding steroid dienone is 1. The number of rotatable bonds is 0. The van der Waals surface area contributed by atoms with Crippen LogP contribution >= 0.6 is 0 Å². The molecule has 1 heterocycles. The van der Waals surface area contributed by atoms with Crippen LogP contribution in [0.5, 0.6) is 0 Å². The molecular formula is C15H20O2.